The third kappa shape index (κ3) is 4.36. The zero-order valence-electron chi connectivity index (χ0n) is 14.1. The second kappa shape index (κ2) is 7.97. The maximum absolute atomic E-state index is 12.4. The van der Waals surface area contributed by atoms with Crippen molar-refractivity contribution >= 4 is 34.8 Å². The van der Waals surface area contributed by atoms with E-state index in [1.54, 1.807) is 22.9 Å². The number of benzene rings is 2. The van der Waals surface area contributed by atoms with Crippen LogP contribution in [0.25, 0.3) is 0 Å². The number of para-hydroxylation sites is 1. The van der Waals surface area contributed by atoms with Crippen LogP contribution in [0.2, 0.25) is 5.02 Å². The molecule has 0 fully saturated rings. The Bertz CT molecular complexity index is 731. The number of halogens is 1. The van der Waals surface area contributed by atoms with Crippen molar-refractivity contribution in [2.45, 2.75) is 20.3 Å². The molecule has 0 N–H and O–H groups in total. The molecular weight excluding hydrogens is 324 g/mol. The molecule has 0 aliphatic carbocycles. The van der Waals surface area contributed by atoms with Crippen molar-refractivity contribution in [2.24, 2.45) is 0 Å². The van der Waals surface area contributed by atoms with E-state index in [4.69, 9.17) is 11.6 Å². The van der Waals surface area contributed by atoms with Gasteiger partial charge in [-0.2, -0.15) is 0 Å². The summed E-state index contributed by atoms with van der Waals surface area (Å²) in [5.41, 5.74) is 2.48. The average Bonchev–Trinajstić information content (AvgIpc) is 2.57. The third-order valence-electron chi connectivity index (χ3n) is 3.91. The standard InChI is InChI=1S/C19H21ClN2O2/c1-14-9-10-17(13-18(14)20)22(15(2)23)12-11-19(24)21(3)16-7-5-4-6-8-16/h4-10,13H,11-12H2,1-3H3. The second-order valence-corrected chi connectivity index (χ2v) is 6.05. The van der Waals surface area contributed by atoms with Crippen molar-refractivity contribution in [3.63, 3.8) is 0 Å². The summed E-state index contributed by atoms with van der Waals surface area (Å²) < 4.78 is 0. The molecule has 0 saturated carbocycles. The van der Waals surface area contributed by atoms with Gasteiger partial charge in [-0.25, -0.2) is 0 Å². The van der Waals surface area contributed by atoms with Crippen LogP contribution < -0.4 is 9.80 Å². The quantitative estimate of drug-likeness (QED) is 0.820. The lowest BCUT2D eigenvalue weighted by molar-refractivity contribution is -0.118. The normalized spacial score (nSPS) is 10.3. The van der Waals surface area contributed by atoms with Crippen LogP contribution in [0.1, 0.15) is 18.9 Å². The van der Waals surface area contributed by atoms with E-state index in [-0.39, 0.29) is 18.2 Å². The van der Waals surface area contributed by atoms with Gasteiger partial charge in [-0.1, -0.05) is 35.9 Å². The number of anilines is 2. The van der Waals surface area contributed by atoms with Crippen molar-refractivity contribution in [1.29, 1.82) is 0 Å². The molecule has 0 radical (unpaired) electrons. The molecule has 2 aromatic carbocycles. The van der Waals surface area contributed by atoms with Crippen LogP contribution in [-0.2, 0) is 9.59 Å². The van der Waals surface area contributed by atoms with Gasteiger partial charge in [0.15, 0.2) is 0 Å². The van der Waals surface area contributed by atoms with E-state index in [2.05, 4.69) is 0 Å². The lowest BCUT2D eigenvalue weighted by Gasteiger charge is -2.23. The van der Waals surface area contributed by atoms with Crippen molar-refractivity contribution in [2.75, 3.05) is 23.4 Å². The molecule has 2 aromatic rings. The van der Waals surface area contributed by atoms with Gasteiger partial charge in [0, 0.05) is 43.3 Å². The van der Waals surface area contributed by atoms with Crippen molar-refractivity contribution in [3.8, 4) is 0 Å². The Morgan fingerprint density at radius 1 is 1.04 bits per heavy atom. The van der Waals surface area contributed by atoms with E-state index < -0.39 is 0 Å². The highest BCUT2D eigenvalue weighted by molar-refractivity contribution is 6.31. The van der Waals surface area contributed by atoms with Crippen molar-refractivity contribution in [1.82, 2.24) is 0 Å². The van der Waals surface area contributed by atoms with Crippen LogP contribution >= 0.6 is 11.6 Å². The molecule has 0 aliphatic heterocycles. The monoisotopic (exact) mass is 344 g/mol. The van der Waals surface area contributed by atoms with Gasteiger partial charge in [-0.05, 0) is 36.8 Å². The molecular formula is C19H21ClN2O2. The fourth-order valence-corrected chi connectivity index (χ4v) is 2.56. The highest BCUT2D eigenvalue weighted by Gasteiger charge is 2.17. The molecule has 24 heavy (non-hydrogen) atoms. The summed E-state index contributed by atoms with van der Waals surface area (Å²) in [4.78, 5) is 27.5. The Morgan fingerprint density at radius 3 is 2.29 bits per heavy atom. The summed E-state index contributed by atoms with van der Waals surface area (Å²) in [6.07, 6.45) is 0.233. The lowest BCUT2D eigenvalue weighted by atomic mass is 10.2. The molecule has 0 saturated heterocycles. The zero-order valence-corrected chi connectivity index (χ0v) is 14.9. The molecule has 0 aliphatic rings. The fourth-order valence-electron chi connectivity index (χ4n) is 2.39. The minimum absolute atomic E-state index is 0.0503. The molecule has 2 amide bonds. The molecule has 5 heteroatoms. The van der Waals surface area contributed by atoms with Gasteiger partial charge in [-0.3, -0.25) is 9.59 Å². The highest BCUT2D eigenvalue weighted by Crippen LogP contribution is 2.23. The van der Waals surface area contributed by atoms with Crippen LogP contribution in [0.5, 0.6) is 0 Å². The van der Waals surface area contributed by atoms with Gasteiger partial charge in [0.05, 0.1) is 0 Å². The minimum atomic E-state index is -0.120. The third-order valence-corrected chi connectivity index (χ3v) is 4.32. The molecule has 0 unspecified atom stereocenters. The van der Waals surface area contributed by atoms with E-state index >= 15 is 0 Å². The molecule has 0 atom stereocenters. The molecule has 0 spiro atoms. The highest BCUT2D eigenvalue weighted by atomic mass is 35.5. The largest absolute Gasteiger partial charge is 0.315 e. The van der Waals surface area contributed by atoms with Gasteiger partial charge in [0.25, 0.3) is 0 Å². The molecule has 2 rings (SSSR count). The first-order valence-electron chi connectivity index (χ1n) is 7.76. The summed E-state index contributed by atoms with van der Waals surface area (Å²) >= 11 is 6.14. The number of amides is 2. The van der Waals surface area contributed by atoms with Gasteiger partial charge >= 0.3 is 0 Å². The van der Waals surface area contributed by atoms with Gasteiger partial charge < -0.3 is 9.80 Å². The number of carbonyl (C=O) groups is 2. The van der Waals surface area contributed by atoms with Crippen LogP contribution in [0.15, 0.2) is 48.5 Å². The number of rotatable bonds is 5. The number of hydrogen-bond acceptors (Lipinski definition) is 2. The maximum Gasteiger partial charge on any atom is 0.228 e. The molecule has 0 aromatic heterocycles. The molecule has 0 heterocycles. The summed E-state index contributed by atoms with van der Waals surface area (Å²) in [6.45, 7) is 3.70. The fraction of sp³-hybridized carbons (Fsp3) is 0.263. The maximum atomic E-state index is 12.4. The number of hydrogen-bond donors (Lipinski definition) is 0. The van der Waals surface area contributed by atoms with Crippen LogP contribution in [0.3, 0.4) is 0 Å². The summed E-state index contributed by atoms with van der Waals surface area (Å²) in [6, 6.07) is 14.9. The van der Waals surface area contributed by atoms with Crippen LogP contribution in [0.4, 0.5) is 11.4 Å². The van der Waals surface area contributed by atoms with E-state index in [1.807, 2.05) is 49.4 Å². The summed E-state index contributed by atoms with van der Waals surface area (Å²) in [5, 5.41) is 0.603. The van der Waals surface area contributed by atoms with E-state index in [1.165, 1.54) is 6.92 Å². The van der Waals surface area contributed by atoms with E-state index in [0.29, 0.717) is 17.3 Å². The van der Waals surface area contributed by atoms with E-state index in [9.17, 15) is 9.59 Å². The molecule has 4 nitrogen and oxygen atoms in total. The topological polar surface area (TPSA) is 40.6 Å². The first-order chi connectivity index (χ1) is 11.4. The van der Waals surface area contributed by atoms with Crippen LogP contribution in [0, 0.1) is 6.92 Å². The van der Waals surface area contributed by atoms with Crippen molar-refractivity contribution < 1.29 is 9.59 Å². The molecule has 0 bridgehead atoms. The first-order valence-corrected chi connectivity index (χ1v) is 8.14. The van der Waals surface area contributed by atoms with Gasteiger partial charge in [-0.15, -0.1) is 0 Å². The van der Waals surface area contributed by atoms with Crippen LogP contribution in [-0.4, -0.2) is 25.4 Å². The zero-order chi connectivity index (χ0) is 17.7. The Morgan fingerprint density at radius 2 is 1.71 bits per heavy atom. The Kier molecular flexibility index (Phi) is 5.99. The minimum Gasteiger partial charge on any atom is -0.315 e. The Labute approximate surface area is 147 Å². The summed E-state index contributed by atoms with van der Waals surface area (Å²) in [7, 11) is 1.73. The average molecular weight is 345 g/mol. The smallest absolute Gasteiger partial charge is 0.228 e. The van der Waals surface area contributed by atoms with Crippen molar-refractivity contribution in [3.05, 3.63) is 59.1 Å². The number of nitrogens with zero attached hydrogens (tertiary/aromatic N) is 2. The lowest BCUT2D eigenvalue weighted by Crippen LogP contribution is -2.34. The second-order valence-electron chi connectivity index (χ2n) is 5.64. The number of aryl methyl sites for hydroxylation is 1. The van der Waals surface area contributed by atoms with E-state index in [0.717, 1.165) is 11.3 Å². The summed E-state index contributed by atoms with van der Waals surface area (Å²) in [5.74, 6) is -0.171. The Hall–Kier alpha value is -2.33. The predicted molar refractivity (Wildman–Crippen MR) is 98.7 cm³/mol. The SMILES string of the molecule is CC(=O)N(CCC(=O)N(C)c1ccccc1)c1ccc(C)c(Cl)c1. The van der Waals surface area contributed by atoms with Gasteiger partial charge in [0.2, 0.25) is 11.8 Å². The first kappa shape index (κ1) is 18.0. The molecule has 126 valence electrons. The predicted octanol–water partition coefficient (Wildman–Crippen LogP) is 4.05. The number of carbonyl (C=O) groups excluding carboxylic acids is 2. The Balaban J connectivity index is 2.07. The van der Waals surface area contributed by atoms with Gasteiger partial charge in [0.1, 0.15) is 0 Å².